The van der Waals surface area contributed by atoms with Crippen molar-refractivity contribution in [3.8, 4) is 18.0 Å². The Kier molecular flexibility index (Phi) is 13.4. The molecule has 0 spiro atoms. The molecule has 0 saturated carbocycles. The third-order valence-corrected chi connectivity index (χ3v) is 6.67. The van der Waals surface area contributed by atoms with E-state index in [2.05, 4.69) is 65.0 Å². The smallest absolute Gasteiger partial charge is 0.248 e. The number of nitriles is 2. The minimum Gasteiger partial charge on any atom is -0.405 e. The first kappa shape index (κ1) is 30.0. The summed E-state index contributed by atoms with van der Waals surface area (Å²) in [5.41, 5.74) is 3.89. The molecule has 1 aliphatic rings. The Bertz CT molecular complexity index is 1060. The number of anilines is 1. The van der Waals surface area contributed by atoms with Crippen LogP contribution in [0.5, 0.6) is 5.88 Å². The first-order valence-electron chi connectivity index (χ1n) is 13.0. The Morgan fingerprint density at radius 1 is 1.27 bits per heavy atom. The average molecular weight is 521 g/mol. The van der Waals surface area contributed by atoms with E-state index in [0.29, 0.717) is 37.5 Å². The van der Waals surface area contributed by atoms with Crippen molar-refractivity contribution in [2.45, 2.75) is 53.1 Å². The van der Waals surface area contributed by atoms with Crippen LogP contribution in [-0.2, 0) is 19.5 Å². The minimum absolute atomic E-state index is 0.236. The molecule has 0 amide bonds. The quantitative estimate of drug-likeness (QED) is 0.267. The third kappa shape index (κ3) is 8.42. The molecule has 1 N–H and O–H groups in total. The van der Waals surface area contributed by atoms with Crippen molar-refractivity contribution < 1.29 is 4.18 Å². The average Bonchev–Trinajstić information content (AvgIpc) is 2.93. The van der Waals surface area contributed by atoms with Crippen molar-refractivity contribution in [1.29, 1.82) is 10.5 Å². The SMILES string of the molecule is C=CNCCN(CC(CC)CC#N)c1nc(OSC)c(C#N)c2c1CCN(Cc1ccccc1)C2.CC. The summed E-state index contributed by atoms with van der Waals surface area (Å²) in [7, 11) is 0. The molecule has 1 aliphatic heterocycles. The summed E-state index contributed by atoms with van der Waals surface area (Å²) in [5, 5.41) is 22.6. The van der Waals surface area contributed by atoms with Gasteiger partial charge in [-0.25, -0.2) is 0 Å². The molecule has 1 atom stereocenters. The van der Waals surface area contributed by atoms with Crippen LogP contribution in [0, 0.1) is 28.6 Å². The first-order valence-corrected chi connectivity index (χ1v) is 14.2. The second kappa shape index (κ2) is 16.5. The highest BCUT2D eigenvalue weighted by Crippen LogP contribution is 2.36. The topological polar surface area (TPSA) is 88.2 Å². The number of pyridine rings is 1. The molecule has 1 aromatic heterocycles. The number of hydrogen-bond acceptors (Lipinski definition) is 8. The molecule has 0 fully saturated rings. The van der Waals surface area contributed by atoms with Gasteiger partial charge in [0.15, 0.2) is 0 Å². The van der Waals surface area contributed by atoms with Gasteiger partial charge in [0.05, 0.1) is 18.1 Å². The molecular weight excluding hydrogens is 480 g/mol. The summed E-state index contributed by atoms with van der Waals surface area (Å²) in [4.78, 5) is 9.51. The highest BCUT2D eigenvalue weighted by molar-refractivity contribution is 7.94. The molecule has 0 saturated heterocycles. The second-order valence-corrected chi connectivity index (χ2v) is 9.12. The van der Waals surface area contributed by atoms with Crippen molar-refractivity contribution in [1.82, 2.24) is 15.2 Å². The molecule has 2 heterocycles. The zero-order valence-electron chi connectivity index (χ0n) is 22.7. The van der Waals surface area contributed by atoms with Crippen LogP contribution in [0.1, 0.15) is 55.9 Å². The van der Waals surface area contributed by atoms with E-state index >= 15 is 0 Å². The fourth-order valence-electron chi connectivity index (χ4n) is 4.50. The fourth-order valence-corrected chi connectivity index (χ4v) is 4.78. The van der Waals surface area contributed by atoms with Crippen molar-refractivity contribution in [3.05, 3.63) is 65.4 Å². The summed E-state index contributed by atoms with van der Waals surface area (Å²) >= 11 is 1.19. The van der Waals surface area contributed by atoms with Gasteiger partial charge < -0.3 is 14.4 Å². The maximum atomic E-state index is 10.1. The summed E-state index contributed by atoms with van der Waals surface area (Å²) in [6.45, 7) is 14.4. The minimum atomic E-state index is 0.236. The van der Waals surface area contributed by atoms with Gasteiger partial charge in [-0.2, -0.15) is 15.5 Å². The van der Waals surface area contributed by atoms with Crippen LogP contribution < -0.4 is 14.4 Å². The standard InChI is InChI=1S/C27H34N6OS.C2H6/c1-4-21(11-13-28)19-33(16-14-30-5-2)26-23-12-15-32(18-22-9-7-6-8-10-22)20-25(23)24(17-29)27(31-26)34-35-3;1-2/h5-10,21,30H,2,4,11-12,14-16,18-20H2,1,3H3;1-2H3. The fraction of sp³-hybridized carbons (Fsp3) is 0.483. The molecule has 1 aromatic carbocycles. The molecule has 0 radical (unpaired) electrons. The van der Waals surface area contributed by atoms with Gasteiger partial charge in [0.25, 0.3) is 0 Å². The zero-order chi connectivity index (χ0) is 27.0. The monoisotopic (exact) mass is 520 g/mol. The Labute approximate surface area is 227 Å². The summed E-state index contributed by atoms with van der Waals surface area (Å²) in [5.74, 6) is 1.47. The second-order valence-electron chi connectivity index (χ2n) is 8.62. The van der Waals surface area contributed by atoms with E-state index in [1.54, 1.807) is 6.20 Å². The van der Waals surface area contributed by atoms with E-state index in [9.17, 15) is 10.5 Å². The number of hydrogen-bond donors (Lipinski definition) is 1. The molecule has 37 heavy (non-hydrogen) atoms. The van der Waals surface area contributed by atoms with Gasteiger partial charge in [0.1, 0.15) is 17.5 Å². The van der Waals surface area contributed by atoms with E-state index in [1.165, 1.54) is 17.6 Å². The highest BCUT2D eigenvalue weighted by Gasteiger charge is 2.29. The van der Waals surface area contributed by atoms with Crippen molar-refractivity contribution in [2.24, 2.45) is 5.92 Å². The van der Waals surface area contributed by atoms with Crippen molar-refractivity contribution in [2.75, 3.05) is 37.3 Å². The van der Waals surface area contributed by atoms with Gasteiger partial charge in [0, 0.05) is 57.5 Å². The number of fused-ring (bicyclic) bond motifs is 1. The molecule has 8 heteroatoms. The highest BCUT2D eigenvalue weighted by atomic mass is 32.2. The molecule has 2 aromatic rings. The Balaban J connectivity index is 0.00000235. The molecular formula is C29H40N6OS. The third-order valence-electron chi connectivity index (χ3n) is 6.35. The van der Waals surface area contributed by atoms with Gasteiger partial charge in [-0.05, 0) is 29.7 Å². The van der Waals surface area contributed by atoms with Gasteiger partial charge >= 0.3 is 0 Å². The largest absolute Gasteiger partial charge is 0.405 e. The molecule has 0 aliphatic carbocycles. The van der Waals surface area contributed by atoms with Crippen LogP contribution in [0.2, 0.25) is 0 Å². The summed E-state index contributed by atoms with van der Waals surface area (Å²) in [6.07, 6.45) is 5.74. The number of nitrogens with one attached hydrogen (secondary N) is 1. The summed E-state index contributed by atoms with van der Waals surface area (Å²) < 4.78 is 5.80. The van der Waals surface area contributed by atoms with Gasteiger partial charge in [-0.1, -0.05) is 64.1 Å². The Hall–Kier alpha value is -3.20. The first-order chi connectivity index (χ1) is 18.1. The lowest BCUT2D eigenvalue weighted by molar-refractivity contribution is 0.244. The number of aromatic nitrogens is 1. The molecule has 1 unspecified atom stereocenters. The molecule has 3 rings (SSSR count). The van der Waals surface area contributed by atoms with E-state index in [4.69, 9.17) is 9.17 Å². The van der Waals surface area contributed by atoms with Gasteiger partial charge in [-0.3, -0.25) is 4.90 Å². The van der Waals surface area contributed by atoms with Crippen LogP contribution in [0.25, 0.3) is 0 Å². The lowest BCUT2D eigenvalue weighted by Gasteiger charge is -2.35. The number of benzene rings is 1. The Morgan fingerprint density at radius 3 is 2.65 bits per heavy atom. The predicted octanol–water partition coefficient (Wildman–Crippen LogP) is 5.67. The van der Waals surface area contributed by atoms with Crippen LogP contribution in [-0.4, -0.2) is 42.3 Å². The number of nitrogens with zero attached hydrogens (tertiary/aromatic N) is 5. The van der Waals surface area contributed by atoms with E-state index in [1.807, 2.05) is 26.2 Å². The molecule has 7 nitrogen and oxygen atoms in total. The zero-order valence-corrected chi connectivity index (χ0v) is 23.5. The predicted molar refractivity (Wildman–Crippen MR) is 153 cm³/mol. The van der Waals surface area contributed by atoms with Gasteiger partial charge in [-0.15, -0.1) is 0 Å². The van der Waals surface area contributed by atoms with E-state index in [0.717, 1.165) is 49.4 Å². The lowest BCUT2D eigenvalue weighted by Crippen LogP contribution is -2.38. The van der Waals surface area contributed by atoms with Crippen LogP contribution >= 0.6 is 12.0 Å². The van der Waals surface area contributed by atoms with Gasteiger partial charge in [0.2, 0.25) is 5.88 Å². The Morgan fingerprint density at radius 2 is 2.03 bits per heavy atom. The van der Waals surface area contributed by atoms with Crippen LogP contribution in [0.3, 0.4) is 0 Å². The van der Waals surface area contributed by atoms with Crippen LogP contribution in [0.15, 0.2) is 43.1 Å². The maximum absolute atomic E-state index is 10.1. The van der Waals surface area contributed by atoms with Crippen molar-refractivity contribution in [3.63, 3.8) is 0 Å². The molecule has 0 bridgehead atoms. The summed E-state index contributed by atoms with van der Waals surface area (Å²) in [6, 6.07) is 15.1. The number of rotatable bonds is 13. The van der Waals surface area contributed by atoms with E-state index in [-0.39, 0.29) is 5.92 Å². The van der Waals surface area contributed by atoms with Crippen LogP contribution in [0.4, 0.5) is 5.82 Å². The van der Waals surface area contributed by atoms with Crippen molar-refractivity contribution >= 4 is 17.9 Å². The lowest BCUT2D eigenvalue weighted by atomic mass is 9.94. The molecule has 198 valence electrons. The maximum Gasteiger partial charge on any atom is 0.248 e. The normalized spacial score (nSPS) is 13.1. The van der Waals surface area contributed by atoms with E-state index < -0.39 is 0 Å².